The summed E-state index contributed by atoms with van der Waals surface area (Å²) in [5.41, 5.74) is 8.22. The van der Waals surface area contributed by atoms with Gasteiger partial charge in [-0.1, -0.05) is 61.4 Å². The molecule has 0 saturated carbocycles. The number of amides is 1. The van der Waals surface area contributed by atoms with E-state index in [9.17, 15) is 4.79 Å². The Labute approximate surface area is 136 Å². The summed E-state index contributed by atoms with van der Waals surface area (Å²) in [5, 5.41) is 0.609. The van der Waals surface area contributed by atoms with Gasteiger partial charge in [0.1, 0.15) is 0 Å². The van der Waals surface area contributed by atoms with Crippen LogP contribution in [0.4, 0.5) is 0 Å². The van der Waals surface area contributed by atoms with E-state index in [1.807, 2.05) is 30.3 Å². The van der Waals surface area contributed by atoms with Gasteiger partial charge in [-0.15, -0.1) is 0 Å². The van der Waals surface area contributed by atoms with E-state index in [1.165, 1.54) is 0 Å². The quantitative estimate of drug-likeness (QED) is 0.775. The van der Waals surface area contributed by atoms with Crippen molar-refractivity contribution >= 4 is 23.2 Å². The minimum Gasteiger partial charge on any atom is -0.298 e. The van der Waals surface area contributed by atoms with Gasteiger partial charge in [-0.3, -0.25) is 15.6 Å². The molecule has 0 aliphatic rings. The van der Waals surface area contributed by atoms with E-state index in [-0.39, 0.29) is 5.91 Å². The standard InChI is InChI=1S/C18H19ClN2O/c1-2-3-9-17(14-7-5-4-6-8-14)20-21-18(22)15-10-12-16(19)13-11-15/h4-13,20H,2-3H2,1H3,(H,21,22)/b17-9-. The maximum absolute atomic E-state index is 12.1. The van der Waals surface area contributed by atoms with Crippen LogP contribution in [-0.4, -0.2) is 5.91 Å². The molecule has 0 atom stereocenters. The largest absolute Gasteiger partial charge is 0.298 e. The summed E-state index contributed by atoms with van der Waals surface area (Å²) in [6, 6.07) is 16.7. The van der Waals surface area contributed by atoms with Crippen molar-refractivity contribution in [3.8, 4) is 0 Å². The number of hydrogen-bond acceptors (Lipinski definition) is 2. The molecule has 0 fully saturated rings. The molecule has 2 aromatic carbocycles. The number of carbonyl (C=O) groups excluding carboxylic acids is 1. The molecule has 0 aliphatic carbocycles. The number of hydrogen-bond donors (Lipinski definition) is 2. The molecule has 0 aromatic heterocycles. The van der Waals surface area contributed by atoms with E-state index in [0.717, 1.165) is 24.1 Å². The molecule has 0 saturated heterocycles. The molecule has 2 rings (SSSR count). The lowest BCUT2D eigenvalue weighted by molar-refractivity contribution is 0.0942. The number of benzene rings is 2. The lowest BCUT2D eigenvalue weighted by Crippen LogP contribution is -2.36. The van der Waals surface area contributed by atoms with Crippen molar-refractivity contribution < 1.29 is 4.79 Å². The summed E-state index contributed by atoms with van der Waals surface area (Å²) in [5.74, 6) is -0.199. The van der Waals surface area contributed by atoms with Gasteiger partial charge in [0, 0.05) is 10.6 Å². The van der Waals surface area contributed by atoms with Crippen molar-refractivity contribution in [2.75, 3.05) is 0 Å². The normalized spacial score (nSPS) is 11.1. The van der Waals surface area contributed by atoms with Gasteiger partial charge < -0.3 is 0 Å². The summed E-state index contributed by atoms with van der Waals surface area (Å²) in [6.07, 6.45) is 4.06. The molecule has 22 heavy (non-hydrogen) atoms. The van der Waals surface area contributed by atoms with Crippen LogP contribution < -0.4 is 10.9 Å². The molecule has 0 aliphatic heterocycles. The molecule has 2 N–H and O–H groups in total. The molecule has 1 amide bonds. The van der Waals surface area contributed by atoms with Crippen molar-refractivity contribution in [2.24, 2.45) is 0 Å². The highest BCUT2D eigenvalue weighted by Crippen LogP contribution is 2.12. The summed E-state index contributed by atoms with van der Waals surface area (Å²) in [6.45, 7) is 2.12. The molecular formula is C18H19ClN2O. The Kier molecular flexibility index (Phi) is 6.04. The Hall–Kier alpha value is -2.26. The van der Waals surface area contributed by atoms with Crippen LogP contribution in [0.5, 0.6) is 0 Å². The van der Waals surface area contributed by atoms with Crippen molar-refractivity contribution in [1.29, 1.82) is 0 Å². The van der Waals surface area contributed by atoms with Gasteiger partial charge in [0.2, 0.25) is 0 Å². The Morgan fingerprint density at radius 1 is 1.00 bits per heavy atom. The second-order valence-electron chi connectivity index (χ2n) is 4.86. The zero-order chi connectivity index (χ0) is 15.8. The van der Waals surface area contributed by atoms with Crippen LogP contribution in [0.2, 0.25) is 5.02 Å². The van der Waals surface area contributed by atoms with Crippen molar-refractivity contribution in [1.82, 2.24) is 10.9 Å². The second kappa shape index (κ2) is 8.25. The zero-order valence-electron chi connectivity index (χ0n) is 12.5. The molecule has 0 bridgehead atoms. The van der Waals surface area contributed by atoms with Crippen LogP contribution >= 0.6 is 11.6 Å². The lowest BCUT2D eigenvalue weighted by atomic mass is 10.1. The summed E-state index contributed by atoms with van der Waals surface area (Å²) in [7, 11) is 0. The number of rotatable bonds is 6. The molecule has 2 aromatic rings. The molecular weight excluding hydrogens is 296 g/mol. The fourth-order valence-corrected chi connectivity index (χ4v) is 2.07. The Morgan fingerprint density at radius 2 is 1.68 bits per heavy atom. The highest BCUT2D eigenvalue weighted by atomic mass is 35.5. The van der Waals surface area contributed by atoms with Gasteiger partial charge >= 0.3 is 0 Å². The number of unbranched alkanes of at least 4 members (excludes halogenated alkanes) is 1. The monoisotopic (exact) mass is 314 g/mol. The Morgan fingerprint density at radius 3 is 2.32 bits per heavy atom. The van der Waals surface area contributed by atoms with E-state index in [1.54, 1.807) is 24.3 Å². The number of carbonyl (C=O) groups is 1. The lowest BCUT2D eigenvalue weighted by Gasteiger charge is -2.13. The number of halogens is 1. The van der Waals surface area contributed by atoms with Crippen molar-refractivity contribution in [3.05, 3.63) is 76.8 Å². The molecule has 0 heterocycles. The Balaban J connectivity index is 2.05. The highest BCUT2D eigenvalue weighted by molar-refractivity contribution is 6.30. The summed E-state index contributed by atoms with van der Waals surface area (Å²) >= 11 is 5.82. The predicted octanol–water partition coefficient (Wildman–Crippen LogP) is 4.42. The first-order chi connectivity index (χ1) is 10.7. The summed E-state index contributed by atoms with van der Waals surface area (Å²) < 4.78 is 0. The van der Waals surface area contributed by atoms with Crippen LogP contribution in [0.1, 0.15) is 35.7 Å². The number of hydrazine groups is 1. The molecule has 4 heteroatoms. The third-order valence-corrected chi connectivity index (χ3v) is 3.39. The van der Waals surface area contributed by atoms with Crippen LogP contribution in [0.3, 0.4) is 0 Å². The topological polar surface area (TPSA) is 41.1 Å². The van der Waals surface area contributed by atoms with Gasteiger partial charge in [-0.2, -0.15) is 0 Å². The molecule has 3 nitrogen and oxygen atoms in total. The average molecular weight is 315 g/mol. The van der Waals surface area contributed by atoms with Gasteiger partial charge in [0.15, 0.2) is 0 Å². The molecule has 0 unspecified atom stereocenters. The average Bonchev–Trinajstić information content (AvgIpc) is 2.56. The smallest absolute Gasteiger partial charge is 0.269 e. The van der Waals surface area contributed by atoms with Gasteiger partial charge in [-0.05, 0) is 36.2 Å². The third kappa shape index (κ3) is 4.64. The maximum atomic E-state index is 12.1. The van der Waals surface area contributed by atoms with Crippen LogP contribution in [0.25, 0.3) is 5.70 Å². The first-order valence-electron chi connectivity index (χ1n) is 7.28. The van der Waals surface area contributed by atoms with Gasteiger partial charge in [0.25, 0.3) is 5.91 Å². The second-order valence-corrected chi connectivity index (χ2v) is 5.29. The van der Waals surface area contributed by atoms with Crippen LogP contribution in [-0.2, 0) is 0 Å². The maximum Gasteiger partial charge on any atom is 0.269 e. The Bertz CT molecular complexity index is 636. The fraction of sp³-hybridized carbons (Fsp3) is 0.167. The van der Waals surface area contributed by atoms with E-state index >= 15 is 0 Å². The van der Waals surface area contributed by atoms with E-state index in [2.05, 4.69) is 23.9 Å². The fourth-order valence-electron chi connectivity index (χ4n) is 1.94. The van der Waals surface area contributed by atoms with Gasteiger partial charge in [-0.25, -0.2) is 0 Å². The molecule has 0 spiro atoms. The third-order valence-electron chi connectivity index (χ3n) is 3.14. The zero-order valence-corrected chi connectivity index (χ0v) is 13.2. The van der Waals surface area contributed by atoms with E-state index in [4.69, 9.17) is 11.6 Å². The van der Waals surface area contributed by atoms with Gasteiger partial charge in [0.05, 0.1) is 5.70 Å². The van der Waals surface area contributed by atoms with Crippen molar-refractivity contribution in [2.45, 2.75) is 19.8 Å². The van der Waals surface area contributed by atoms with E-state index in [0.29, 0.717) is 10.6 Å². The first kappa shape index (κ1) is 16.1. The minimum atomic E-state index is -0.199. The van der Waals surface area contributed by atoms with Crippen LogP contribution in [0, 0.1) is 0 Å². The highest BCUT2D eigenvalue weighted by Gasteiger charge is 2.06. The van der Waals surface area contributed by atoms with Crippen LogP contribution in [0.15, 0.2) is 60.7 Å². The van der Waals surface area contributed by atoms with Crippen molar-refractivity contribution in [3.63, 3.8) is 0 Å². The molecule has 114 valence electrons. The van der Waals surface area contributed by atoms with E-state index < -0.39 is 0 Å². The summed E-state index contributed by atoms with van der Waals surface area (Å²) in [4.78, 5) is 12.1. The predicted molar refractivity (Wildman–Crippen MR) is 91.4 cm³/mol. The number of nitrogens with one attached hydrogen (secondary N) is 2. The number of allylic oxidation sites excluding steroid dienone is 1. The SMILES string of the molecule is CCC/C=C(\NNC(=O)c1ccc(Cl)cc1)c1ccccc1. The first-order valence-corrected chi connectivity index (χ1v) is 7.66. The minimum absolute atomic E-state index is 0.199. The molecule has 0 radical (unpaired) electrons.